The Morgan fingerprint density at radius 1 is 0.500 bits per heavy atom. The average Bonchev–Trinajstić information content (AvgIpc) is 2.17. The van der Waals surface area contributed by atoms with Gasteiger partial charge in [0.15, 0.2) is 0 Å². The predicted octanol–water partition coefficient (Wildman–Crippen LogP) is 5.99. The predicted molar refractivity (Wildman–Crippen MR) is 72.9 cm³/mol. The van der Waals surface area contributed by atoms with Crippen LogP contribution < -0.4 is 0 Å². The van der Waals surface area contributed by atoms with Crippen molar-refractivity contribution in [2.75, 3.05) is 0 Å². The topological polar surface area (TPSA) is 0 Å². The Bertz CT molecular complexity index is 376. The van der Waals surface area contributed by atoms with Crippen LogP contribution in [-0.2, 0) is 0 Å². The minimum absolute atomic E-state index is 0.678. The van der Waals surface area contributed by atoms with Crippen LogP contribution in [0, 0.1) is 0 Å². The number of halogens is 4. The van der Waals surface area contributed by atoms with E-state index < -0.39 is 0 Å². The molecule has 2 aromatic carbocycles. The number of hydrogen-bond acceptors (Lipinski definition) is 0. The fourth-order valence-corrected chi connectivity index (χ4v) is 1.79. The van der Waals surface area contributed by atoms with E-state index in [0.29, 0.717) is 20.1 Å². The molecule has 0 aliphatic heterocycles. The van der Waals surface area contributed by atoms with Gasteiger partial charge in [0.25, 0.3) is 0 Å². The summed E-state index contributed by atoms with van der Waals surface area (Å²) in [6, 6.07) is 14.2. The second-order valence-corrected chi connectivity index (χ2v) is 4.63. The molecule has 0 unspecified atom stereocenters. The van der Waals surface area contributed by atoms with Gasteiger partial charge in [-0.15, -0.1) is 0 Å². The summed E-state index contributed by atoms with van der Waals surface area (Å²) in [5.41, 5.74) is 0. The summed E-state index contributed by atoms with van der Waals surface area (Å²) in [4.78, 5) is 0. The Balaban J connectivity index is 0.000000160. The minimum atomic E-state index is 0.678. The molecule has 0 spiro atoms. The van der Waals surface area contributed by atoms with Crippen LogP contribution in [0.5, 0.6) is 0 Å². The van der Waals surface area contributed by atoms with Gasteiger partial charge in [0.2, 0.25) is 0 Å². The molecule has 2 aromatic rings. The molecule has 0 amide bonds. The second kappa shape index (κ2) is 7.03. The van der Waals surface area contributed by atoms with E-state index in [4.69, 9.17) is 46.4 Å². The van der Waals surface area contributed by atoms with Gasteiger partial charge in [-0.1, -0.05) is 58.5 Å². The van der Waals surface area contributed by atoms with Crippen LogP contribution in [0.2, 0.25) is 20.1 Å². The summed E-state index contributed by atoms with van der Waals surface area (Å²) in [5.74, 6) is 0. The van der Waals surface area contributed by atoms with Crippen LogP contribution in [0.3, 0.4) is 0 Å². The Morgan fingerprint density at radius 3 is 0.875 bits per heavy atom. The molecular formula is C12H8Cl4. The molecule has 0 aliphatic rings. The van der Waals surface area contributed by atoms with Crippen molar-refractivity contribution in [3.05, 3.63) is 68.6 Å². The quantitative estimate of drug-likeness (QED) is 0.560. The molecule has 0 heterocycles. The van der Waals surface area contributed by atoms with E-state index in [1.54, 1.807) is 36.4 Å². The van der Waals surface area contributed by atoms with Gasteiger partial charge in [0.05, 0.1) is 0 Å². The molecule has 4 heteroatoms. The lowest BCUT2D eigenvalue weighted by molar-refractivity contribution is 1.71. The van der Waals surface area contributed by atoms with Gasteiger partial charge < -0.3 is 0 Å². The normalized spacial score (nSPS) is 9.25. The molecule has 0 N–H and O–H groups in total. The van der Waals surface area contributed by atoms with Crippen molar-refractivity contribution in [3.63, 3.8) is 0 Å². The Hall–Kier alpha value is -0.400. The summed E-state index contributed by atoms with van der Waals surface area (Å²) in [6.07, 6.45) is 0. The van der Waals surface area contributed by atoms with Crippen molar-refractivity contribution < 1.29 is 0 Å². The molecule has 0 saturated heterocycles. The largest absolute Gasteiger partial charge is 0.0843 e. The van der Waals surface area contributed by atoms with Crippen molar-refractivity contribution in [3.8, 4) is 0 Å². The van der Waals surface area contributed by atoms with Crippen LogP contribution in [0.15, 0.2) is 48.5 Å². The molecule has 2 rings (SSSR count). The van der Waals surface area contributed by atoms with E-state index in [9.17, 15) is 0 Å². The number of rotatable bonds is 0. The van der Waals surface area contributed by atoms with E-state index >= 15 is 0 Å². The molecule has 0 aliphatic carbocycles. The molecule has 84 valence electrons. The van der Waals surface area contributed by atoms with E-state index in [1.165, 1.54) is 0 Å². The molecule has 0 nitrogen and oxygen atoms in total. The van der Waals surface area contributed by atoms with Crippen LogP contribution in [0.4, 0.5) is 0 Å². The lowest BCUT2D eigenvalue weighted by Crippen LogP contribution is -1.61. The van der Waals surface area contributed by atoms with Crippen LogP contribution in [0.1, 0.15) is 0 Å². The Kier molecular flexibility index (Phi) is 6.00. The zero-order chi connectivity index (χ0) is 12.0. The van der Waals surface area contributed by atoms with E-state index in [-0.39, 0.29) is 0 Å². The van der Waals surface area contributed by atoms with Crippen molar-refractivity contribution >= 4 is 46.4 Å². The fraction of sp³-hybridized carbons (Fsp3) is 0. The highest BCUT2D eigenvalue weighted by molar-refractivity contribution is 6.35. The minimum Gasteiger partial charge on any atom is -0.0843 e. The third kappa shape index (κ3) is 5.62. The van der Waals surface area contributed by atoms with Gasteiger partial charge in [-0.3, -0.25) is 0 Å². The van der Waals surface area contributed by atoms with Crippen LogP contribution in [0.25, 0.3) is 0 Å². The summed E-state index contributed by atoms with van der Waals surface area (Å²) in [7, 11) is 0. The average molecular weight is 294 g/mol. The van der Waals surface area contributed by atoms with Crippen molar-refractivity contribution in [2.45, 2.75) is 0 Å². The van der Waals surface area contributed by atoms with Crippen molar-refractivity contribution in [2.24, 2.45) is 0 Å². The summed E-state index contributed by atoms with van der Waals surface area (Å²) >= 11 is 22.2. The van der Waals surface area contributed by atoms with Crippen molar-refractivity contribution in [1.82, 2.24) is 0 Å². The molecule has 0 radical (unpaired) electrons. The Labute approximate surface area is 115 Å². The van der Waals surface area contributed by atoms with Gasteiger partial charge in [-0.05, 0) is 36.4 Å². The standard InChI is InChI=1S/2C6H4Cl2/c2*7-5-2-1-3-6(8)4-5/h2*1-4H. The zero-order valence-corrected chi connectivity index (χ0v) is 11.2. The van der Waals surface area contributed by atoms with Crippen LogP contribution in [-0.4, -0.2) is 0 Å². The monoisotopic (exact) mass is 292 g/mol. The first-order valence-electron chi connectivity index (χ1n) is 4.40. The molecule has 0 atom stereocenters. The summed E-state index contributed by atoms with van der Waals surface area (Å²) in [5, 5.41) is 2.71. The first-order valence-corrected chi connectivity index (χ1v) is 5.91. The number of benzene rings is 2. The van der Waals surface area contributed by atoms with Crippen molar-refractivity contribution in [1.29, 1.82) is 0 Å². The molecular weight excluding hydrogens is 286 g/mol. The zero-order valence-electron chi connectivity index (χ0n) is 8.13. The second-order valence-electron chi connectivity index (χ2n) is 2.88. The molecule has 0 aromatic heterocycles. The van der Waals surface area contributed by atoms with Gasteiger partial charge in [0, 0.05) is 20.1 Å². The lowest BCUT2D eigenvalue weighted by atomic mass is 10.4. The first-order chi connectivity index (χ1) is 7.58. The van der Waals surface area contributed by atoms with E-state index in [0.717, 1.165) is 0 Å². The summed E-state index contributed by atoms with van der Waals surface area (Å²) in [6.45, 7) is 0. The van der Waals surface area contributed by atoms with Crippen LogP contribution >= 0.6 is 46.4 Å². The fourth-order valence-electron chi connectivity index (χ4n) is 0.920. The number of hydrogen-bond donors (Lipinski definition) is 0. The third-order valence-electron chi connectivity index (χ3n) is 1.57. The molecule has 0 bridgehead atoms. The maximum Gasteiger partial charge on any atom is 0.0420 e. The van der Waals surface area contributed by atoms with Gasteiger partial charge in [0.1, 0.15) is 0 Å². The highest BCUT2D eigenvalue weighted by atomic mass is 35.5. The van der Waals surface area contributed by atoms with Gasteiger partial charge >= 0.3 is 0 Å². The smallest absolute Gasteiger partial charge is 0.0420 e. The molecule has 16 heavy (non-hydrogen) atoms. The van der Waals surface area contributed by atoms with Gasteiger partial charge in [-0.25, -0.2) is 0 Å². The highest BCUT2D eigenvalue weighted by Gasteiger charge is 1.85. The third-order valence-corrected chi connectivity index (χ3v) is 2.51. The molecule has 0 saturated carbocycles. The summed E-state index contributed by atoms with van der Waals surface area (Å²) < 4.78 is 0. The maximum absolute atomic E-state index is 5.56. The first kappa shape index (κ1) is 13.7. The van der Waals surface area contributed by atoms with Gasteiger partial charge in [-0.2, -0.15) is 0 Å². The van der Waals surface area contributed by atoms with E-state index in [1.807, 2.05) is 12.1 Å². The maximum atomic E-state index is 5.56. The molecule has 0 fully saturated rings. The SMILES string of the molecule is Clc1cccc(Cl)c1.Clc1cccc(Cl)c1. The van der Waals surface area contributed by atoms with E-state index in [2.05, 4.69) is 0 Å². The lowest BCUT2D eigenvalue weighted by Gasteiger charge is -1.86. The Morgan fingerprint density at radius 2 is 0.750 bits per heavy atom. The highest BCUT2D eigenvalue weighted by Crippen LogP contribution is 2.14.